The molecule has 0 heterocycles. The fourth-order valence-electron chi connectivity index (χ4n) is 2.26. The van der Waals surface area contributed by atoms with Gasteiger partial charge < -0.3 is 20.1 Å². The molecule has 0 aromatic heterocycles. The zero-order valence-corrected chi connectivity index (χ0v) is 14.4. The van der Waals surface area contributed by atoms with Crippen molar-refractivity contribution in [3.05, 3.63) is 59.7 Å². The van der Waals surface area contributed by atoms with Gasteiger partial charge in [-0.2, -0.15) is 0 Å². The van der Waals surface area contributed by atoms with Crippen LogP contribution in [0.25, 0.3) is 0 Å². The molecule has 2 aromatic carbocycles. The summed E-state index contributed by atoms with van der Waals surface area (Å²) in [5.74, 6) is 0.253. The molecule has 2 amide bonds. The van der Waals surface area contributed by atoms with Crippen LogP contribution in [0.2, 0.25) is 0 Å². The lowest BCUT2D eigenvalue weighted by atomic mass is 10.1. The van der Waals surface area contributed by atoms with E-state index in [1.807, 2.05) is 31.2 Å². The number of aryl methyl sites for hydroxylation is 1. The van der Waals surface area contributed by atoms with Gasteiger partial charge in [0, 0.05) is 0 Å². The molecule has 0 spiro atoms. The third-order valence-electron chi connectivity index (χ3n) is 3.48. The maximum atomic E-state index is 12.0. The van der Waals surface area contributed by atoms with Crippen LogP contribution in [0.3, 0.4) is 0 Å². The molecular formula is C19H22N2O4. The molecule has 2 aromatic rings. The summed E-state index contributed by atoms with van der Waals surface area (Å²) in [5, 5.41) is 5.24. The number of nitrogens with one attached hydrogen (secondary N) is 2. The smallest absolute Gasteiger partial charge is 0.340 e. The van der Waals surface area contributed by atoms with Gasteiger partial charge in [0.05, 0.1) is 17.9 Å². The molecule has 2 N–H and O–H groups in total. The Morgan fingerprint density at radius 1 is 1.00 bits per heavy atom. The van der Waals surface area contributed by atoms with Crippen molar-refractivity contribution in [3.63, 3.8) is 0 Å². The molecule has 0 atom stereocenters. The number of para-hydroxylation sites is 2. The summed E-state index contributed by atoms with van der Waals surface area (Å²) in [6, 6.07) is 13.9. The number of anilines is 1. The number of carbonyl (C=O) groups is 2. The van der Waals surface area contributed by atoms with Gasteiger partial charge in [-0.15, -0.1) is 0 Å². The molecule has 0 saturated carbocycles. The third-order valence-corrected chi connectivity index (χ3v) is 3.48. The van der Waals surface area contributed by atoms with Crippen molar-refractivity contribution in [2.75, 3.05) is 18.7 Å². The van der Waals surface area contributed by atoms with E-state index in [0.717, 1.165) is 17.7 Å². The number of urea groups is 1. The number of amides is 2. The number of carbonyl (C=O) groups excluding carboxylic acids is 2. The molecule has 132 valence electrons. The molecule has 6 nitrogen and oxygen atoms in total. The van der Waals surface area contributed by atoms with Crippen molar-refractivity contribution in [2.45, 2.75) is 20.3 Å². The largest absolute Gasteiger partial charge is 0.473 e. The molecule has 0 saturated heterocycles. The highest BCUT2D eigenvalue weighted by molar-refractivity contribution is 6.00. The van der Waals surface area contributed by atoms with E-state index in [-0.39, 0.29) is 13.3 Å². The van der Waals surface area contributed by atoms with Gasteiger partial charge in [-0.05, 0) is 37.1 Å². The normalized spacial score (nSPS) is 10.0. The molecule has 0 unspecified atom stereocenters. The Labute approximate surface area is 147 Å². The van der Waals surface area contributed by atoms with E-state index < -0.39 is 12.0 Å². The fourth-order valence-corrected chi connectivity index (χ4v) is 2.26. The second-order valence-electron chi connectivity index (χ2n) is 5.15. The second-order valence-corrected chi connectivity index (χ2v) is 5.15. The monoisotopic (exact) mass is 342 g/mol. The predicted molar refractivity (Wildman–Crippen MR) is 95.9 cm³/mol. The first-order valence-corrected chi connectivity index (χ1v) is 8.17. The first-order valence-electron chi connectivity index (χ1n) is 8.17. The van der Waals surface area contributed by atoms with Crippen molar-refractivity contribution in [2.24, 2.45) is 0 Å². The Morgan fingerprint density at radius 2 is 1.72 bits per heavy atom. The summed E-state index contributed by atoms with van der Waals surface area (Å²) in [7, 11) is 0. The Bertz CT molecular complexity index is 731. The van der Waals surface area contributed by atoms with Crippen molar-refractivity contribution in [1.82, 2.24) is 5.32 Å². The molecule has 2 rings (SSSR count). The molecule has 0 radical (unpaired) electrons. The minimum Gasteiger partial charge on any atom is -0.473 e. The minimum atomic E-state index is -0.480. The second kappa shape index (κ2) is 9.32. The van der Waals surface area contributed by atoms with E-state index in [0.29, 0.717) is 11.3 Å². The maximum Gasteiger partial charge on any atom is 0.340 e. The summed E-state index contributed by atoms with van der Waals surface area (Å²) >= 11 is 0. The van der Waals surface area contributed by atoms with Gasteiger partial charge >= 0.3 is 12.0 Å². The van der Waals surface area contributed by atoms with Gasteiger partial charge in [0.2, 0.25) is 0 Å². The van der Waals surface area contributed by atoms with Gasteiger partial charge in [0.15, 0.2) is 6.73 Å². The summed E-state index contributed by atoms with van der Waals surface area (Å²) in [4.78, 5) is 23.9. The number of esters is 1. The molecular weight excluding hydrogens is 320 g/mol. The lowest BCUT2D eigenvalue weighted by molar-refractivity contribution is 0.0527. The molecule has 0 aliphatic carbocycles. The first kappa shape index (κ1) is 18.3. The first-order chi connectivity index (χ1) is 12.2. The molecule has 25 heavy (non-hydrogen) atoms. The molecule has 6 heteroatoms. The highest BCUT2D eigenvalue weighted by Gasteiger charge is 2.13. The number of hydrogen-bond acceptors (Lipinski definition) is 4. The van der Waals surface area contributed by atoms with Crippen LogP contribution in [0.15, 0.2) is 48.5 Å². The van der Waals surface area contributed by atoms with Crippen molar-refractivity contribution in [1.29, 1.82) is 0 Å². The third kappa shape index (κ3) is 5.24. The van der Waals surface area contributed by atoms with Crippen LogP contribution in [0.1, 0.15) is 29.8 Å². The van der Waals surface area contributed by atoms with Crippen LogP contribution in [-0.4, -0.2) is 25.3 Å². The Kier molecular flexibility index (Phi) is 6.83. The van der Waals surface area contributed by atoms with Gasteiger partial charge in [0.25, 0.3) is 0 Å². The van der Waals surface area contributed by atoms with Crippen LogP contribution >= 0.6 is 0 Å². The highest BCUT2D eigenvalue weighted by atomic mass is 16.5. The fraction of sp³-hybridized carbons (Fsp3) is 0.263. The van der Waals surface area contributed by atoms with Crippen LogP contribution in [-0.2, 0) is 11.2 Å². The van der Waals surface area contributed by atoms with Crippen molar-refractivity contribution < 1.29 is 19.1 Å². The van der Waals surface area contributed by atoms with Gasteiger partial charge in [0.1, 0.15) is 5.75 Å². The quantitative estimate of drug-likeness (QED) is 0.595. The number of ether oxygens (including phenoxy) is 2. The summed E-state index contributed by atoms with van der Waals surface area (Å²) < 4.78 is 10.6. The number of rotatable bonds is 7. The molecule has 0 aliphatic heterocycles. The van der Waals surface area contributed by atoms with E-state index in [9.17, 15) is 9.59 Å². The van der Waals surface area contributed by atoms with Crippen LogP contribution < -0.4 is 15.4 Å². The van der Waals surface area contributed by atoms with Crippen molar-refractivity contribution >= 4 is 17.7 Å². The van der Waals surface area contributed by atoms with E-state index >= 15 is 0 Å². The highest BCUT2D eigenvalue weighted by Crippen LogP contribution is 2.18. The van der Waals surface area contributed by atoms with E-state index in [4.69, 9.17) is 9.47 Å². The predicted octanol–water partition coefficient (Wildman–Crippen LogP) is 3.58. The molecule has 0 bridgehead atoms. The van der Waals surface area contributed by atoms with Crippen LogP contribution in [0.5, 0.6) is 5.75 Å². The average molecular weight is 342 g/mol. The standard InChI is InChI=1S/C19H22N2O4/c1-3-14-9-5-8-12-17(14)25-13-20-19(23)21-16-11-7-6-10-15(16)18(22)24-4-2/h5-12H,3-4,13H2,1-2H3,(H2,20,21,23). The van der Waals surface area contributed by atoms with E-state index in [2.05, 4.69) is 10.6 Å². The van der Waals surface area contributed by atoms with Crippen LogP contribution in [0, 0.1) is 0 Å². The summed E-state index contributed by atoms with van der Waals surface area (Å²) in [6.45, 7) is 4.05. The van der Waals surface area contributed by atoms with Gasteiger partial charge in [-0.3, -0.25) is 0 Å². The average Bonchev–Trinajstić information content (AvgIpc) is 2.62. The van der Waals surface area contributed by atoms with Gasteiger partial charge in [-0.1, -0.05) is 37.3 Å². The lowest BCUT2D eigenvalue weighted by Crippen LogP contribution is -2.32. The summed E-state index contributed by atoms with van der Waals surface area (Å²) in [6.07, 6.45) is 0.843. The Morgan fingerprint density at radius 3 is 2.48 bits per heavy atom. The zero-order valence-electron chi connectivity index (χ0n) is 14.4. The SMILES string of the molecule is CCOC(=O)c1ccccc1NC(=O)NCOc1ccccc1CC. The van der Waals surface area contributed by atoms with E-state index in [1.54, 1.807) is 31.2 Å². The van der Waals surface area contributed by atoms with Crippen molar-refractivity contribution in [3.8, 4) is 5.75 Å². The Balaban J connectivity index is 1.92. The topological polar surface area (TPSA) is 76.7 Å². The maximum absolute atomic E-state index is 12.0. The van der Waals surface area contributed by atoms with Gasteiger partial charge in [-0.25, -0.2) is 9.59 Å². The number of benzene rings is 2. The Hall–Kier alpha value is -3.02. The van der Waals surface area contributed by atoms with E-state index in [1.165, 1.54) is 0 Å². The number of hydrogen-bond donors (Lipinski definition) is 2. The lowest BCUT2D eigenvalue weighted by Gasteiger charge is -2.13. The molecule has 0 fully saturated rings. The minimum absolute atomic E-state index is 0.0183. The zero-order chi connectivity index (χ0) is 18.1. The van der Waals surface area contributed by atoms with Crippen LogP contribution in [0.4, 0.5) is 10.5 Å². The molecule has 0 aliphatic rings. The summed E-state index contributed by atoms with van der Waals surface area (Å²) in [5.41, 5.74) is 1.75.